The van der Waals surface area contributed by atoms with E-state index >= 15 is 0 Å². The van der Waals surface area contributed by atoms with Gasteiger partial charge in [0.1, 0.15) is 0 Å². The second kappa shape index (κ2) is 9.26. The first-order chi connectivity index (χ1) is 11.9. The molecule has 0 aromatic rings. The van der Waals surface area contributed by atoms with Crippen LogP contribution < -0.4 is 5.32 Å². The second-order valence-corrected chi connectivity index (χ2v) is 6.30. The number of piperidine rings is 1. The van der Waals surface area contributed by atoms with Gasteiger partial charge in [-0.2, -0.15) is 13.2 Å². The van der Waals surface area contributed by atoms with Crippen LogP contribution in [-0.4, -0.2) is 80.3 Å². The lowest BCUT2D eigenvalue weighted by Gasteiger charge is -2.36. The van der Waals surface area contributed by atoms with Gasteiger partial charge in [0, 0.05) is 38.6 Å². The van der Waals surface area contributed by atoms with E-state index in [-0.39, 0.29) is 18.4 Å². The number of nitrogens with one attached hydrogen (secondary N) is 1. The molecule has 1 N–H and O–H groups in total. The van der Waals surface area contributed by atoms with E-state index < -0.39 is 12.6 Å². The largest absolute Gasteiger partial charge is 0.390 e. The number of hydrogen-bond donors (Lipinski definition) is 1. The molecule has 2 heterocycles. The van der Waals surface area contributed by atoms with E-state index in [1.54, 1.807) is 0 Å². The number of halogens is 3. The van der Waals surface area contributed by atoms with E-state index in [9.17, 15) is 18.0 Å². The number of aliphatic imine (C=N–C) groups is 1. The third kappa shape index (κ3) is 6.37. The molecular weight excluding hydrogens is 337 g/mol. The number of rotatable bonds is 4. The number of carbonyl (C=O) groups is 1. The molecule has 6 nitrogen and oxygen atoms in total. The third-order valence-corrected chi connectivity index (χ3v) is 4.46. The molecule has 0 unspecified atom stereocenters. The Labute approximate surface area is 146 Å². The first-order valence-electron chi connectivity index (χ1n) is 8.87. The average Bonchev–Trinajstić information content (AvgIpc) is 2.60. The van der Waals surface area contributed by atoms with Gasteiger partial charge in [-0.25, -0.2) is 0 Å². The van der Waals surface area contributed by atoms with Gasteiger partial charge in [0.25, 0.3) is 0 Å². The second-order valence-electron chi connectivity index (χ2n) is 6.30. The number of amides is 1. The summed E-state index contributed by atoms with van der Waals surface area (Å²) in [6.07, 6.45) is -3.73. The smallest absolute Gasteiger partial charge is 0.378 e. The minimum atomic E-state index is -4.20. The number of hydrogen-bond acceptors (Lipinski definition) is 3. The van der Waals surface area contributed by atoms with Gasteiger partial charge >= 0.3 is 6.18 Å². The highest BCUT2D eigenvalue weighted by Crippen LogP contribution is 2.21. The van der Waals surface area contributed by atoms with Crippen LogP contribution in [0.25, 0.3) is 0 Å². The molecule has 2 rings (SSSR count). The van der Waals surface area contributed by atoms with E-state index in [1.807, 2.05) is 16.7 Å². The molecule has 144 valence electrons. The van der Waals surface area contributed by atoms with Crippen LogP contribution in [0.2, 0.25) is 0 Å². The van der Waals surface area contributed by atoms with Crippen LogP contribution in [0.3, 0.4) is 0 Å². The summed E-state index contributed by atoms with van der Waals surface area (Å²) in [5, 5.41) is 3.04. The average molecular weight is 364 g/mol. The lowest BCUT2D eigenvalue weighted by molar-refractivity contribution is -0.141. The van der Waals surface area contributed by atoms with Crippen LogP contribution in [0.5, 0.6) is 0 Å². The van der Waals surface area contributed by atoms with Crippen molar-refractivity contribution < 1.29 is 22.7 Å². The lowest BCUT2D eigenvalue weighted by atomic mass is 9.95. The van der Waals surface area contributed by atoms with Crippen molar-refractivity contribution in [1.29, 1.82) is 0 Å². The highest BCUT2D eigenvalue weighted by Gasteiger charge is 2.31. The Morgan fingerprint density at radius 2 is 1.80 bits per heavy atom. The molecule has 2 aliphatic heterocycles. The van der Waals surface area contributed by atoms with Crippen LogP contribution in [-0.2, 0) is 9.53 Å². The number of carbonyl (C=O) groups excluding carboxylic acids is 1. The molecular formula is C16H27F3N4O2. The quantitative estimate of drug-likeness (QED) is 0.606. The molecule has 0 aromatic heterocycles. The van der Waals surface area contributed by atoms with Crippen molar-refractivity contribution >= 4 is 11.9 Å². The number of ether oxygens (including phenoxy) is 1. The van der Waals surface area contributed by atoms with E-state index in [4.69, 9.17) is 4.74 Å². The van der Waals surface area contributed by atoms with Crippen LogP contribution in [0.1, 0.15) is 26.2 Å². The Morgan fingerprint density at radius 1 is 1.16 bits per heavy atom. The van der Waals surface area contributed by atoms with Gasteiger partial charge in [-0.05, 0) is 19.8 Å². The topological polar surface area (TPSA) is 57.2 Å². The molecule has 0 aliphatic carbocycles. The Balaban J connectivity index is 1.85. The maximum Gasteiger partial charge on any atom is 0.390 e. The van der Waals surface area contributed by atoms with Gasteiger partial charge in [0.15, 0.2) is 5.96 Å². The highest BCUT2D eigenvalue weighted by molar-refractivity contribution is 5.81. The van der Waals surface area contributed by atoms with Crippen LogP contribution >= 0.6 is 0 Å². The molecule has 2 fully saturated rings. The predicted octanol–water partition coefficient (Wildman–Crippen LogP) is 1.48. The Bertz CT molecular complexity index is 457. The van der Waals surface area contributed by atoms with E-state index in [1.165, 1.54) is 0 Å². The van der Waals surface area contributed by atoms with Crippen LogP contribution in [0.4, 0.5) is 13.2 Å². The normalized spacial score (nSPS) is 20.7. The van der Waals surface area contributed by atoms with Crippen molar-refractivity contribution in [3.05, 3.63) is 0 Å². The van der Waals surface area contributed by atoms with E-state index in [2.05, 4.69) is 10.3 Å². The number of alkyl halides is 3. The first kappa shape index (κ1) is 19.8. The number of guanidine groups is 1. The first-order valence-corrected chi connectivity index (χ1v) is 8.87. The van der Waals surface area contributed by atoms with Gasteiger partial charge in [-0.15, -0.1) is 0 Å². The number of likely N-dealkylation sites (tertiary alicyclic amines) is 1. The van der Waals surface area contributed by atoms with Gasteiger partial charge < -0.3 is 19.9 Å². The fourth-order valence-electron chi connectivity index (χ4n) is 3.09. The summed E-state index contributed by atoms with van der Waals surface area (Å²) in [6.45, 7) is 5.89. The summed E-state index contributed by atoms with van der Waals surface area (Å²) < 4.78 is 42.2. The van der Waals surface area contributed by atoms with Crippen molar-refractivity contribution in [2.24, 2.45) is 10.9 Å². The van der Waals surface area contributed by atoms with Gasteiger partial charge in [0.2, 0.25) is 5.91 Å². The fraction of sp³-hybridized carbons (Fsp3) is 0.875. The Kier molecular flexibility index (Phi) is 7.34. The molecule has 0 saturated carbocycles. The van der Waals surface area contributed by atoms with Crippen LogP contribution in [0.15, 0.2) is 4.99 Å². The van der Waals surface area contributed by atoms with Gasteiger partial charge in [0.05, 0.1) is 26.2 Å². The summed E-state index contributed by atoms with van der Waals surface area (Å²) in [5.74, 6) is 0.651. The third-order valence-electron chi connectivity index (χ3n) is 4.46. The van der Waals surface area contributed by atoms with Crippen molar-refractivity contribution in [2.75, 3.05) is 52.5 Å². The standard InChI is InChI=1S/C16H27F3N4O2/c1-2-20-15(21-6-5-16(17,18)19)23-7-3-13(4-8-23)14(24)22-9-11-25-12-10-22/h13H,2-12H2,1H3,(H,20,21). The number of morpholine rings is 1. The minimum Gasteiger partial charge on any atom is -0.378 e. The van der Waals surface area contributed by atoms with Crippen molar-refractivity contribution in [3.63, 3.8) is 0 Å². The molecule has 0 atom stereocenters. The molecule has 0 aromatic carbocycles. The molecule has 1 amide bonds. The summed E-state index contributed by atoms with van der Waals surface area (Å²) in [6, 6.07) is 0. The SMILES string of the molecule is CCNC(=NCCC(F)(F)F)N1CCC(C(=O)N2CCOCC2)CC1. The van der Waals surface area contributed by atoms with Gasteiger partial charge in [-0.1, -0.05) is 0 Å². The molecule has 9 heteroatoms. The molecule has 0 bridgehead atoms. The highest BCUT2D eigenvalue weighted by atomic mass is 19.4. The zero-order chi connectivity index (χ0) is 18.3. The Hall–Kier alpha value is -1.51. The zero-order valence-corrected chi connectivity index (χ0v) is 14.6. The summed E-state index contributed by atoms with van der Waals surface area (Å²) in [4.78, 5) is 20.4. The summed E-state index contributed by atoms with van der Waals surface area (Å²) in [5.41, 5.74) is 0. The van der Waals surface area contributed by atoms with Crippen molar-refractivity contribution in [3.8, 4) is 0 Å². The van der Waals surface area contributed by atoms with Gasteiger partial charge in [-0.3, -0.25) is 9.79 Å². The molecule has 0 radical (unpaired) electrons. The zero-order valence-electron chi connectivity index (χ0n) is 14.6. The summed E-state index contributed by atoms with van der Waals surface area (Å²) in [7, 11) is 0. The maximum atomic E-state index is 12.5. The van der Waals surface area contributed by atoms with E-state index in [0.29, 0.717) is 64.7 Å². The Morgan fingerprint density at radius 3 is 2.36 bits per heavy atom. The fourth-order valence-corrected chi connectivity index (χ4v) is 3.09. The van der Waals surface area contributed by atoms with Crippen molar-refractivity contribution in [2.45, 2.75) is 32.4 Å². The maximum absolute atomic E-state index is 12.5. The lowest BCUT2D eigenvalue weighted by Crippen LogP contribution is -2.50. The van der Waals surface area contributed by atoms with E-state index in [0.717, 1.165) is 0 Å². The predicted molar refractivity (Wildman–Crippen MR) is 88.3 cm³/mol. The molecule has 2 aliphatic rings. The minimum absolute atomic E-state index is 0.0209. The van der Waals surface area contributed by atoms with Crippen LogP contribution in [0, 0.1) is 5.92 Å². The molecule has 0 spiro atoms. The number of nitrogens with zero attached hydrogens (tertiary/aromatic N) is 3. The molecule has 25 heavy (non-hydrogen) atoms. The summed E-state index contributed by atoms with van der Waals surface area (Å²) >= 11 is 0. The van der Waals surface area contributed by atoms with Crippen molar-refractivity contribution in [1.82, 2.24) is 15.1 Å². The molecule has 2 saturated heterocycles. The monoisotopic (exact) mass is 364 g/mol.